The van der Waals surface area contributed by atoms with Crippen LogP contribution in [0.2, 0.25) is 0 Å². The van der Waals surface area contributed by atoms with E-state index in [1.165, 1.54) is 12.8 Å². The van der Waals surface area contributed by atoms with E-state index in [2.05, 4.69) is 25.8 Å². The van der Waals surface area contributed by atoms with Crippen LogP contribution in [-0.4, -0.2) is 23.2 Å². The van der Waals surface area contributed by atoms with Crippen molar-refractivity contribution >= 4 is 32.7 Å². The van der Waals surface area contributed by atoms with Gasteiger partial charge >= 0.3 is 0 Å². The summed E-state index contributed by atoms with van der Waals surface area (Å²) in [6.07, 6.45) is 2.47. The van der Waals surface area contributed by atoms with Crippen LogP contribution in [0.4, 0.5) is 5.82 Å². The van der Waals surface area contributed by atoms with Crippen molar-refractivity contribution < 1.29 is 5.11 Å². The highest BCUT2D eigenvalue weighted by molar-refractivity contribution is 9.10. The summed E-state index contributed by atoms with van der Waals surface area (Å²) in [5.74, 6) is 1.33. The maximum atomic E-state index is 10.1. The Morgan fingerprint density at radius 2 is 2.00 bits per heavy atom. The molecule has 3 nitrogen and oxygen atoms in total. The summed E-state index contributed by atoms with van der Waals surface area (Å²) in [4.78, 5) is 6.97. The van der Waals surface area contributed by atoms with Crippen LogP contribution < -0.4 is 4.90 Å². The summed E-state index contributed by atoms with van der Waals surface area (Å²) in [6.45, 7) is 4.05. The molecular formula is C14H15BrN2O. The minimum absolute atomic E-state index is 0.327. The van der Waals surface area contributed by atoms with Gasteiger partial charge in [0, 0.05) is 22.9 Å². The fourth-order valence-corrected chi connectivity index (χ4v) is 3.13. The Labute approximate surface area is 115 Å². The van der Waals surface area contributed by atoms with Gasteiger partial charge in [-0.3, -0.25) is 0 Å². The summed E-state index contributed by atoms with van der Waals surface area (Å²) in [5.41, 5.74) is 1.70. The Kier molecular flexibility index (Phi) is 2.90. The largest absolute Gasteiger partial charge is 0.507 e. The Morgan fingerprint density at radius 1 is 1.28 bits per heavy atom. The van der Waals surface area contributed by atoms with Gasteiger partial charge in [-0.1, -0.05) is 0 Å². The molecule has 1 saturated heterocycles. The van der Waals surface area contributed by atoms with Gasteiger partial charge in [0.2, 0.25) is 0 Å². The van der Waals surface area contributed by atoms with Crippen LogP contribution in [-0.2, 0) is 0 Å². The van der Waals surface area contributed by atoms with Gasteiger partial charge in [0.1, 0.15) is 11.6 Å². The molecule has 0 unspecified atom stereocenters. The van der Waals surface area contributed by atoms with E-state index in [0.29, 0.717) is 5.75 Å². The molecule has 1 aliphatic rings. The fourth-order valence-electron chi connectivity index (χ4n) is 2.48. The van der Waals surface area contributed by atoms with Gasteiger partial charge < -0.3 is 10.0 Å². The molecule has 0 atom stereocenters. The third-order valence-electron chi connectivity index (χ3n) is 3.51. The van der Waals surface area contributed by atoms with Gasteiger partial charge in [-0.2, -0.15) is 0 Å². The molecule has 1 aromatic heterocycles. The number of rotatable bonds is 1. The molecular weight excluding hydrogens is 292 g/mol. The number of aryl methyl sites for hydroxylation is 1. The normalized spacial score (nSPS) is 15.6. The molecule has 0 spiro atoms. The lowest BCUT2D eigenvalue weighted by Gasteiger charge is -2.17. The number of fused-ring (bicyclic) bond motifs is 1. The zero-order chi connectivity index (χ0) is 12.7. The first-order chi connectivity index (χ1) is 8.66. The maximum Gasteiger partial charge on any atom is 0.129 e. The number of phenols is 1. The van der Waals surface area contributed by atoms with E-state index in [9.17, 15) is 5.11 Å². The van der Waals surface area contributed by atoms with E-state index in [1.54, 1.807) is 0 Å². The van der Waals surface area contributed by atoms with Gasteiger partial charge in [0.25, 0.3) is 0 Å². The first kappa shape index (κ1) is 11.8. The second-order valence-electron chi connectivity index (χ2n) is 4.78. The minimum atomic E-state index is 0.327. The highest BCUT2D eigenvalue weighted by atomic mass is 79.9. The summed E-state index contributed by atoms with van der Waals surface area (Å²) in [6, 6.07) is 5.88. The van der Waals surface area contributed by atoms with Gasteiger partial charge in [0.05, 0.1) is 5.52 Å². The van der Waals surface area contributed by atoms with Crippen molar-refractivity contribution in [1.29, 1.82) is 0 Å². The molecule has 0 amide bonds. The van der Waals surface area contributed by atoms with Crippen LogP contribution in [0, 0.1) is 6.92 Å². The van der Waals surface area contributed by atoms with Gasteiger partial charge in [-0.15, -0.1) is 0 Å². The van der Waals surface area contributed by atoms with E-state index in [4.69, 9.17) is 0 Å². The standard InChI is InChI=1S/C14H15BrN2O/c1-9-8-11(15)13-10(14(9)18)4-5-12(16-13)17-6-2-3-7-17/h4-5,8,18H,2-3,6-7H2,1H3. The first-order valence-electron chi connectivity index (χ1n) is 6.20. The van der Waals surface area contributed by atoms with Crippen LogP contribution >= 0.6 is 15.9 Å². The number of aromatic hydroxyl groups is 1. The summed E-state index contributed by atoms with van der Waals surface area (Å²) in [7, 11) is 0. The molecule has 2 heterocycles. The fraction of sp³-hybridized carbons (Fsp3) is 0.357. The highest BCUT2D eigenvalue weighted by Crippen LogP contribution is 2.34. The number of hydrogen-bond donors (Lipinski definition) is 1. The van der Waals surface area contributed by atoms with E-state index < -0.39 is 0 Å². The molecule has 1 N–H and O–H groups in total. The number of anilines is 1. The number of phenolic OH excluding ortho intramolecular Hbond substituents is 1. The molecule has 0 radical (unpaired) electrons. The number of pyridine rings is 1. The zero-order valence-corrected chi connectivity index (χ0v) is 11.9. The molecule has 0 bridgehead atoms. The number of halogens is 1. The lowest BCUT2D eigenvalue weighted by Crippen LogP contribution is -2.18. The molecule has 1 aliphatic heterocycles. The van der Waals surface area contributed by atoms with Crippen molar-refractivity contribution in [2.75, 3.05) is 18.0 Å². The van der Waals surface area contributed by atoms with E-state index >= 15 is 0 Å². The Morgan fingerprint density at radius 3 is 2.72 bits per heavy atom. The van der Waals surface area contributed by atoms with Crippen molar-refractivity contribution in [1.82, 2.24) is 4.98 Å². The minimum Gasteiger partial charge on any atom is -0.507 e. The van der Waals surface area contributed by atoms with Crippen LogP contribution in [0.1, 0.15) is 18.4 Å². The topological polar surface area (TPSA) is 36.4 Å². The van der Waals surface area contributed by atoms with Crippen molar-refractivity contribution in [3.05, 3.63) is 28.2 Å². The quantitative estimate of drug-likeness (QED) is 0.874. The third-order valence-corrected chi connectivity index (χ3v) is 4.11. The second-order valence-corrected chi connectivity index (χ2v) is 5.64. The van der Waals surface area contributed by atoms with Crippen molar-refractivity contribution in [3.8, 4) is 5.75 Å². The summed E-state index contributed by atoms with van der Waals surface area (Å²) < 4.78 is 0.939. The molecule has 0 aliphatic carbocycles. The first-order valence-corrected chi connectivity index (χ1v) is 7.00. The average Bonchev–Trinajstić information content (AvgIpc) is 2.89. The van der Waals surface area contributed by atoms with Crippen LogP contribution in [0.25, 0.3) is 10.9 Å². The number of nitrogens with zero attached hydrogens (tertiary/aromatic N) is 2. The van der Waals surface area contributed by atoms with Gasteiger partial charge in [-0.25, -0.2) is 4.98 Å². The highest BCUT2D eigenvalue weighted by Gasteiger charge is 2.15. The number of aromatic nitrogens is 1. The van der Waals surface area contributed by atoms with Crippen molar-refractivity contribution in [3.63, 3.8) is 0 Å². The lowest BCUT2D eigenvalue weighted by molar-refractivity contribution is 0.477. The molecule has 18 heavy (non-hydrogen) atoms. The second kappa shape index (κ2) is 4.43. The SMILES string of the molecule is Cc1cc(Br)c2nc(N3CCCC3)ccc2c1O. The van der Waals surface area contributed by atoms with Crippen LogP contribution in [0.15, 0.2) is 22.7 Å². The average molecular weight is 307 g/mol. The van der Waals surface area contributed by atoms with E-state index in [0.717, 1.165) is 39.8 Å². The van der Waals surface area contributed by atoms with Crippen molar-refractivity contribution in [2.24, 2.45) is 0 Å². The summed E-state index contributed by atoms with van der Waals surface area (Å²) in [5, 5.41) is 10.9. The maximum absolute atomic E-state index is 10.1. The number of hydrogen-bond acceptors (Lipinski definition) is 3. The Hall–Kier alpha value is -1.29. The monoisotopic (exact) mass is 306 g/mol. The van der Waals surface area contributed by atoms with E-state index in [1.807, 2.05) is 25.1 Å². The molecule has 1 fully saturated rings. The molecule has 1 aromatic carbocycles. The predicted octanol–water partition coefficient (Wildman–Crippen LogP) is 3.61. The third kappa shape index (κ3) is 1.85. The molecule has 2 aromatic rings. The lowest BCUT2D eigenvalue weighted by atomic mass is 10.1. The smallest absolute Gasteiger partial charge is 0.129 e. The Bertz CT molecular complexity index is 606. The van der Waals surface area contributed by atoms with Crippen LogP contribution in [0.5, 0.6) is 5.75 Å². The Balaban J connectivity index is 2.17. The zero-order valence-electron chi connectivity index (χ0n) is 10.3. The number of benzene rings is 1. The molecule has 0 saturated carbocycles. The van der Waals surface area contributed by atoms with Gasteiger partial charge in [0.15, 0.2) is 0 Å². The molecule has 94 valence electrons. The molecule has 3 rings (SSSR count). The van der Waals surface area contributed by atoms with Crippen LogP contribution in [0.3, 0.4) is 0 Å². The van der Waals surface area contributed by atoms with Gasteiger partial charge in [-0.05, 0) is 59.5 Å². The van der Waals surface area contributed by atoms with Crippen molar-refractivity contribution in [2.45, 2.75) is 19.8 Å². The summed E-state index contributed by atoms with van der Waals surface area (Å²) >= 11 is 3.53. The molecule has 4 heteroatoms. The van der Waals surface area contributed by atoms with E-state index in [-0.39, 0.29) is 0 Å². The predicted molar refractivity (Wildman–Crippen MR) is 77.3 cm³/mol.